The van der Waals surface area contributed by atoms with E-state index in [4.69, 9.17) is 21.4 Å². The summed E-state index contributed by atoms with van der Waals surface area (Å²) in [4.78, 5) is 0. The summed E-state index contributed by atoms with van der Waals surface area (Å²) in [6.45, 7) is 2.57. The molecule has 0 aliphatic carbocycles. The largest absolute Gasteiger partial charge is 0.494 e. The minimum Gasteiger partial charge on any atom is -0.494 e. The third kappa shape index (κ3) is 4.23. The maximum atomic E-state index is 5.90. The Labute approximate surface area is 181 Å². The van der Waals surface area contributed by atoms with E-state index in [0.717, 1.165) is 27.1 Å². The van der Waals surface area contributed by atoms with Crippen LogP contribution in [0.15, 0.2) is 74.7 Å². The average molecular weight is 469 g/mol. The number of benzene rings is 2. The normalized spacial score (nSPS) is 11.2. The van der Waals surface area contributed by atoms with Crippen LogP contribution < -0.4 is 4.74 Å². The van der Waals surface area contributed by atoms with Crippen LogP contribution in [0, 0.1) is 4.77 Å². The summed E-state index contributed by atoms with van der Waals surface area (Å²) in [7, 11) is 0. The second-order valence-corrected chi connectivity index (χ2v) is 7.29. The molecule has 4 aromatic rings. The number of ether oxygens (including phenoxy) is 1. The Hall–Kier alpha value is -2.97. The van der Waals surface area contributed by atoms with E-state index in [2.05, 4.69) is 31.2 Å². The quantitative estimate of drug-likeness (QED) is 0.282. The van der Waals surface area contributed by atoms with Crippen LogP contribution in [0.3, 0.4) is 0 Å². The summed E-state index contributed by atoms with van der Waals surface area (Å²) in [5.41, 5.74) is 1.84. The van der Waals surface area contributed by atoms with Crippen molar-refractivity contribution in [3.8, 4) is 28.5 Å². The molecule has 0 atom stereocenters. The monoisotopic (exact) mass is 468 g/mol. The highest BCUT2D eigenvalue weighted by Crippen LogP contribution is 2.29. The number of nitrogens with one attached hydrogen (secondary N) is 1. The Kier molecular flexibility index (Phi) is 5.73. The van der Waals surface area contributed by atoms with E-state index in [0.29, 0.717) is 23.0 Å². The number of nitrogens with zero attached hydrogens (tertiary/aromatic N) is 3. The molecule has 0 amide bonds. The molecule has 0 radical (unpaired) electrons. The predicted octanol–water partition coefficient (Wildman–Crippen LogP) is 5.91. The molecule has 0 unspecified atom stereocenters. The highest BCUT2D eigenvalue weighted by molar-refractivity contribution is 9.10. The van der Waals surface area contributed by atoms with Crippen molar-refractivity contribution < 1.29 is 9.15 Å². The maximum Gasteiger partial charge on any atom is 0.216 e. The minimum absolute atomic E-state index is 0.391. The fourth-order valence-corrected chi connectivity index (χ4v) is 3.45. The lowest BCUT2D eigenvalue weighted by molar-refractivity contribution is 0.340. The zero-order valence-corrected chi connectivity index (χ0v) is 17.9. The van der Waals surface area contributed by atoms with E-state index >= 15 is 0 Å². The summed E-state index contributed by atoms with van der Waals surface area (Å²) in [6.07, 6.45) is 1.61. The molecule has 2 heterocycles. The summed E-state index contributed by atoms with van der Waals surface area (Å²) >= 11 is 8.86. The molecule has 6 nitrogen and oxygen atoms in total. The lowest BCUT2D eigenvalue weighted by atomic mass is 10.2. The van der Waals surface area contributed by atoms with Crippen molar-refractivity contribution >= 4 is 34.4 Å². The van der Waals surface area contributed by atoms with Gasteiger partial charge in [-0.2, -0.15) is 14.9 Å². The van der Waals surface area contributed by atoms with Crippen LogP contribution in [0.1, 0.15) is 12.7 Å². The number of aromatic amines is 1. The van der Waals surface area contributed by atoms with Gasteiger partial charge in [0.05, 0.1) is 12.8 Å². The Morgan fingerprint density at radius 3 is 2.72 bits per heavy atom. The number of halogens is 1. The van der Waals surface area contributed by atoms with Crippen molar-refractivity contribution in [2.75, 3.05) is 6.61 Å². The zero-order valence-electron chi connectivity index (χ0n) is 15.5. The lowest BCUT2D eigenvalue weighted by Gasteiger charge is -2.04. The van der Waals surface area contributed by atoms with Crippen molar-refractivity contribution in [1.82, 2.24) is 14.9 Å². The lowest BCUT2D eigenvalue weighted by Crippen LogP contribution is -1.95. The number of hydrogen-bond acceptors (Lipinski definition) is 5. The maximum absolute atomic E-state index is 5.90. The number of furan rings is 1. The van der Waals surface area contributed by atoms with Crippen LogP contribution >= 0.6 is 28.1 Å². The highest BCUT2D eigenvalue weighted by atomic mass is 79.9. The second-order valence-electron chi connectivity index (χ2n) is 6.05. The number of rotatable bonds is 6. The molecule has 0 spiro atoms. The smallest absolute Gasteiger partial charge is 0.216 e. The van der Waals surface area contributed by atoms with Crippen molar-refractivity contribution in [2.24, 2.45) is 5.10 Å². The van der Waals surface area contributed by atoms with Gasteiger partial charge in [-0.25, -0.2) is 5.10 Å². The van der Waals surface area contributed by atoms with E-state index in [-0.39, 0.29) is 0 Å². The molecule has 2 aromatic carbocycles. The molecule has 4 rings (SSSR count). The Morgan fingerprint density at radius 1 is 1.17 bits per heavy atom. The molecular formula is C21H17BrN4O2S. The SMILES string of the molecule is CCOc1ccc(-c2n[nH]c(=S)n2/N=C\c2ccc(-c3ccccc3Br)o2)cc1. The average Bonchev–Trinajstić information content (AvgIpc) is 3.34. The summed E-state index contributed by atoms with van der Waals surface area (Å²) < 4.78 is 14.3. The molecule has 1 N–H and O–H groups in total. The third-order valence-corrected chi connectivity index (χ3v) is 5.10. The molecule has 0 saturated heterocycles. The van der Waals surface area contributed by atoms with Crippen molar-refractivity contribution in [1.29, 1.82) is 0 Å². The minimum atomic E-state index is 0.391. The van der Waals surface area contributed by atoms with Crippen LogP contribution in [0.25, 0.3) is 22.7 Å². The summed E-state index contributed by atoms with van der Waals surface area (Å²) in [6, 6.07) is 19.3. The predicted molar refractivity (Wildman–Crippen MR) is 119 cm³/mol. The molecule has 8 heteroatoms. The van der Waals surface area contributed by atoms with Crippen molar-refractivity contribution in [3.05, 3.63) is 75.7 Å². The van der Waals surface area contributed by atoms with Gasteiger partial charge in [-0.05, 0) is 61.6 Å². The Balaban J connectivity index is 1.61. The first kappa shape index (κ1) is 19.4. The van der Waals surface area contributed by atoms with Gasteiger partial charge in [0.15, 0.2) is 5.82 Å². The standard InChI is InChI=1S/C21H17BrN4O2S/c1-2-27-15-9-7-14(8-10-15)20-24-25-21(29)26(20)23-13-16-11-12-19(28-16)17-5-3-4-6-18(17)22/h3-13H,2H2,1H3,(H,25,29)/b23-13-. The fourth-order valence-electron chi connectivity index (χ4n) is 2.80. The van der Waals surface area contributed by atoms with Gasteiger partial charge in [0.1, 0.15) is 17.3 Å². The van der Waals surface area contributed by atoms with Crippen LogP contribution in [0.2, 0.25) is 0 Å². The topological polar surface area (TPSA) is 68.3 Å². The second kappa shape index (κ2) is 8.59. The van der Waals surface area contributed by atoms with E-state index in [1.807, 2.05) is 67.6 Å². The molecule has 0 bridgehead atoms. The zero-order chi connectivity index (χ0) is 20.2. The molecule has 0 fully saturated rings. The van der Waals surface area contributed by atoms with E-state index in [9.17, 15) is 0 Å². The van der Waals surface area contributed by atoms with E-state index in [1.54, 1.807) is 10.9 Å². The third-order valence-electron chi connectivity index (χ3n) is 4.14. The van der Waals surface area contributed by atoms with Crippen LogP contribution in [0.5, 0.6) is 5.75 Å². The summed E-state index contributed by atoms with van der Waals surface area (Å²) in [5.74, 6) is 2.76. The number of hydrogen-bond donors (Lipinski definition) is 1. The van der Waals surface area contributed by atoms with Gasteiger partial charge in [-0.3, -0.25) is 0 Å². The van der Waals surface area contributed by atoms with Gasteiger partial charge < -0.3 is 9.15 Å². The van der Waals surface area contributed by atoms with Gasteiger partial charge in [0.2, 0.25) is 4.77 Å². The Morgan fingerprint density at radius 2 is 1.97 bits per heavy atom. The molecular weight excluding hydrogens is 452 g/mol. The molecule has 29 heavy (non-hydrogen) atoms. The van der Waals surface area contributed by atoms with Gasteiger partial charge in [0.25, 0.3) is 0 Å². The van der Waals surface area contributed by atoms with Gasteiger partial charge in [0, 0.05) is 15.6 Å². The van der Waals surface area contributed by atoms with Gasteiger partial charge in [-0.1, -0.05) is 34.1 Å². The molecule has 0 aliphatic rings. The van der Waals surface area contributed by atoms with Crippen LogP contribution in [-0.4, -0.2) is 27.7 Å². The van der Waals surface area contributed by atoms with Gasteiger partial charge >= 0.3 is 0 Å². The fraction of sp³-hybridized carbons (Fsp3) is 0.0952. The molecule has 2 aromatic heterocycles. The van der Waals surface area contributed by atoms with Crippen LogP contribution in [0.4, 0.5) is 0 Å². The molecule has 0 saturated carbocycles. The Bertz CT molecular complexity index is 1210. The number of aromatic nitrogens is 3. The van der Waals surface area contributed by atoms with E-state index < -0.39 is 0 Å². The number of H-pyrrole nitrogens is 1. The van der Waals surface area contributed by atoms with Crippen molar-refractivity contribution in [2.45, 2.75) is 6.92 Å². The molecule has 146 valence electrons. The van der Waals surface area contributed by atoms with E-state index in [1.165, 1.54) is 0 Å². The van der Waals surface area contributed by atoms with Crippen LogP contribution in [-0.2, 0) is 0 Å². The molecule has 0 aliphatic heterocycles. The van der Waals surface area contributed by atoms with Gasteiger partial charge in [-0.15, -0.1) is 0 Å². The highest BCUT2D eigenvalue weighted by Gasteiger charge is 2.10. The summed E-state index contributed by atoms with van der Waals surface area (Å²) in [5, 5.41) is 11.5. The first-order valence-electron chi connectivity index (χ1n) is 8.95. The first-order chi connectivity index (χ1) is 14.2. The first-order valence-corrected chi connectivity index (χ1v) is 10.2. The van der Waals surface area contributed by atoms with Crippen molar-refractivity contribution in [3.63, 3.8) is 0 Å².